The van der Waals surface area contributed by atoms with Crippen LogP contribution in [-0.2, 0) is 0 Å². The predicted octanol–water partition coefficient (Wildman–Crippen LogP) is 5.19. The predicted molar refractivity (Wildman–Crippen MR) is 95.8 cm³/mol. The summed E-state index contributed by atoms with van der Waals surface area (Å²) < 4.78 is 15.5. The molecule has 0 radical (unpaired) electrons. The maximum atomic E-state index is 13.3. The summed E-state index contributed by atoms with van der Waals surface area (Å²) >= 11 is 0. The zero-order valence-electron chi connectivity index (χ0n) is 13.9. The molecule has 124 valence electrons. The molecule has 1 fully saturated rings. The van der Waals surface area contributed by atoms with Crippen molar-refractivity contribution in [1.82, 2.24) is 9.38 Å². The Balaban J connectivity index is 1.83. The number of aromatic nitrogens is 2. The molecule has 1 aliphatic carbocycles. The zero-order valence-corrected chi connectivity index (χ0v) is 13.9. The highest BCUT2D eigenvalue weighted by Gasteiger charge is 2.20. The topological polar surface area (TPSA) is 29.3 Å². The van der Waals surface area contributed by atoms with E-state index in [1.807, 2.05) is 12.1 Å². The van der Waals surface area contributed by atoms with Crippen molar-refractivity contribution in [3.63, 3.8) is 0 Å². The molecule has 0 spiro atoms. The summed E-state index contributed by atoms with van der Waals surface area (Å²) in [5.41, 5.74) is 3.91. The standard InChI is InChI=1S/C20H22FN3/c1-14-6-5-9-18-23-19(15-10-12-16(21)13-11-15)20(24(14)18)22-17-7-3-2-4-8-17/h5-6,9-13,17,22H,2-4,7-8H2,1H3. The summed E-state index contributed by atoms with van der Waals surface area (Å²) in [6.07, 6.45) is 6.28. The third kappa shape index (κ3) is 2.77. The highest BCUT2D eigenvalue weighted by atomic mass is 19.1. The summed E-state index contributed by atoms with van der Waals surface area (Å²) in [5.74, 6) is 0.807. The van der Waals surface area contributed by atoms with E-state index >= 15 is 0 Å². The largest absolute Gasteiger partial charge is 0.367 e. The van der Waals surface area contributed by atoms with Gasteiger partial charge in [-0.15, -0.1) is 0 Å². The molecule has 3 aromatic rings. The van der Waals surface area contributed by atoms with E-state index in [0.717, 1.165) is 28.4 Å². The molecular weight excluding hydrogens is 301 g/mol. The van der Waals surface area contributed by atoms with Gasteiger partial charge < -0.3 is 5.32 Å². The van der Waals surface area contributed by atoms with Gasteiger partial charge in [-0.2, -0.15) is 0 Å². The van der Waals surface area contributed by atoms with Gasteiger partial charge in [-0.3, -0.25) is 4.40 Å². The Hall–Kier alpha value is -2.36. The fourth-order valence-electron chi connectivity index (χ4n) is 3.64. The van der Waals surface area contributed by atoms with Crippen LogP contribution in [0.1, 0.15) is 37.8 Å². The maximum absolute atomic E-state index is 13.3. The molecule has 0 unspecified atom stereocenters. The number of benzene rings is 1. The lowest BCUT2D eigenvalue weighted by Crippen LogP contribution is -2.23. The van der Waals surface area contributed by atoms with Crippen LogP contribution in [0.5, 0.6) is 0 Å². The molecule has 0 bridgehead atoms. The Kier molecular flexibility index (Phi) is 3.97. The van der Waals surface area contributed by atoms with E-state index in [1.54, 1.807) is 12.1 Å². The van der Waals surface area contributed by atoms with E-state index in [1.165, 1.54) is 44.2 Å². The van der Waals surface area contributed by atoms with E-state index < -0.39 is 0 Å². The Morgan fingerprint density at radius 2 is 1.79 bits per heavy atom. The first-order valence-corrected chi connectivity index (χ1v) is 8.73. The number of aryl methyl sites for hydroxylation is 1. The van der Waals surface area contributed by atoms with Gasteiger partial charge in [-0.25, -0.2) is 9.37 Å². The van der Waals surface area contributed by atoms with Gasteiger partial charge in [0.05, 0.1) is 0 Å². The Morgan fingerprint density at radius 3 is 2.54 bits per heavy atom. The van der Waals surface area contributed by atoms with Crippen molar-refractivity contribution in [2.24, 2.45) is 0 Å². The first-order chi connectivity index (χ1) is 11.7. The van der Waals surface area contributed by atoms with Crippen LogP contribution < -0.4 is 5.32 Å². The minimum Gasteiger partial charge on any atom is -0.367 e. The van der Waals surface area contributed by atoms with E-state index in [9.17, 15) is 4.39 Å². The summed E-state index contributed by atoms with van der Waals surface area (Å²) in [7, 11) is 0. The lowest BCUT2D eigenvalue weighted by atomic mass is 9.95. The molecule has 0 atom stereocenters. The molecule has 1 N–H and O–H groups in total. The summed E-state index contributed by atoms with van der Waals surface area (Å²) in [4.78, 5) is 4.82. The van der Waals surface area contributed by atoms with Gasteiger partial charge in [0.15, 0.2) is 0 Å². The van der Waals surface area contributed by atoms with Crippen molar-refractivity contribution in [3.8, 4) is 11.3 Å². The second-order valence-electron chi connectivity index (χ2n) is 6.66. The van der Waals surface area contributed by atoms with Gasteiger partial charge >= 0.3 is 0 Å². The normalized spacial score (nSPS) is 15.8. The first-order valence-electron chi connectivity index (χ1n) is 8.73. The average Bonchev–Trinajstić information content (AvgIpc) is 2.96. The number of halogens is 1. The molecule has 1 aromatic carbocycles. The van der Waals surface area contributed by atoms with Crippen LogP contribution in [0.3, 0.4) is 0 Å². The number of nitrogens with one attached hydrogen (secondary N) is 1. The Bertz CT molecular complexity index is 845. The fourth-order valence-corrected chi connectivity index (χ4v) is 3.64. The zero-order chi connectivity index (χ0) is 16.5. The number of anilines is 1. The number of rotatable bonds is 3. The molecule has 24 heavy (non-hydrogen) atoms. The Labute approximate surface area is 141 Å². The number of pyridine rings is 1. The number of fused-ring (bicyclic) bond motifs is 1. The molecule has 3 nitrogen and oxygen atoms in total. The fraction of sp³-hybridized carbons (Fsp3) is 0.350. The van der Waals surface area contributed by atoms with Crippen molar-refractivity contribution < 1.29 is 4.39 Å². The maximum Gasteiger partial charge on any atom is 0.139 e. The summed E-state index contributed by atoms with van der Waals surface area (Å²) in [6, 6.07) is 13.2. The SMILES string of the molecule is Cc1cccc2nc(-c3ccc(F)cc3)c(NC3CCCCC3)n12. The van der Waals surface area contributed by atoms with Crippen LogP contribution in [0.15, 0.2) is 42.5 Å². The van der Waals surface area contributed by atoms with Crippen LogP contribution in [-0.4, -0.2) is 15.4 Å². The first kappa shape index (κ1) is 15.2. The van der Waals surface area contributed by atoms with Crippen molar-refractivity contribution >= 4 is 11.5 Å². The molecule has 0 saturated heterocycles. The minimum absolute atomic E-state index is 0.222. The minimum atomic E-state index is -0.222. The molecule has 4 heteroatoms. The van der Waals surface area contributed by atoms with Gasteiger partial charge in [0.2, 0.25) is 0 Å². The Morgan fingerprint density at radius 1 is 1.04 bits per heavy atom. The quantitative estimate of drug-likeness (QED) is 0.718. The van der Waals surface area contributed by atoms with Crippen molar-refractivity contribution in [1.29, 1.82) is 0 Å². The average molecular weight is 323 g/mol. The molecule has 1 aliphatic rings. The van der Waals surface area contributed by atoms with Crippen LogP contribution >= 0.6 is 0 Å². The van der Waals surface area contributed by atoms with Crippen LogP contribution in [0.2, 0.25) is 0 Å². The van der Waals surface area contributed by atoms with Crippen molar-refractivity contribution in [2.45, 2.75) is 45.1 Å². The van der Waals surface area contributed by atoms with Gasteiger partial charge in [-0.1, -0.05) is 25.3 Å². The van der Waals surface area contributed by atoms with E-state index in [4.69, 9.17) is 4.98 Å². The van der Waals surface area contributed by atoms with E-state index in [2.05, 4.69) is 22.7 Å². The van der Waals surface area contributed by atoms with Crippen LogP contribution in [0.25, 0.3) is 16.9 Å². The highest BCUT2D eigenvalue weighted by Crippen LogP contribution is 2.32. The third-order valence-corrected chi connectivity index (χ3v) is 4.90. The summed E-state index contributed by atoms with van der Waals surface area (Å²) in [5, 5.41) is 3.73. The highest BCUT2D eigenvalue weighted by molar-refractivity contribution is 5.77. The second kappa shape index (κ2) is 6.27. The molecule has 4 rings (SSSR count). The smallest absolute Gasteiger partial charge is 0.139 e. The number of hydrogen-bond donors (Lipinski definition) is 1. The molecule has 2 heterocycles. The number of hydrogen-bond acceptors (Lipinski definition) is 2. The number of imidazole rings is 1. The van der Waals surface area contributed by atoms with Gasteiger partial charge in [0.1, 0.15) is 23.0 Å². The molecule has 0 amide bonds. The lowest BCUT2D eigenvalue weighted by Gasteiger charge is -2.24. The third-order valence-electron chi connectivity index (χ3n) is 4.90. The van der Waals surface area contributed by atoms with Gasteiger partial charge in [0, 0.05) is 17.3 Å². The number of nitrogens with zero attached hydrogens (tertiary/aromatic N) is 2. The van der Waals surface area contributed by atoms with Crippen LogP contribution in [0, 0.1) is 12.7 Å². The molecule has 0 aliphatic heterocycles. The van der Waals surface area contributed by atoms with E-state index in [0.29, 0.717) is 6.04 Å². The van der Waals surface area contributed by atoms with Gasteiger partial charge in [0.25, 0.3) is 0 Å². The molecule has 1 saturated carbocycles. The lowest BCUT2D eigenvalue weighted by molar-refractivity contribution is 0.461. The van der Waals surface area contributed by atoms with Crippen molar-refractivity contribution in [3.05, 3.63) is 54.0 Å². The molecular formula is C20H22FN3. The van der Waals surface area contributed by atoms with Crippen molar-refractivity contribution in [2.75, 3.05) is 5.32 Å². The second-order valence-corrected chi connectivity index (χ2v) is 6.66. The van der Waals surface area contributed by atoms with Gasteiger partial charge in [-0.05, 0) is 56.2 Å². The summed E-state index contributed by atoms with van der Waals surface area (Å²) in [6.45, 7) is 2.09. The van der Waals surface area contributed by atoms with Crippen LogP contribution in [0.4, 0.5) is 10.2 Å². The van der Waals surface area contributed by atoms with E-state index in [-0.39, 0.29) is 5.82 Å². The monoisotopic (exact) mass is 323 g/mol. The molecule has 2 aromatic heterocycles.